The number of nitrogens with one attached hydrogen (secondary N) is 1. The normalized spacial score (nSPS) is 38.5. The molecule has 2 aliphatic heterocycles. The Morgan fingerprint density at radius 2 is 2.22 bits per heavy atom. The van der Waals surface area contributed by atoms with Crippen molar-refractivity contribution in [3.05, 3.63) is 0 Å². The molecule has 106 valence electrons. The molecule has 2 saturated heterocycles. The number of ether oxygens (including phenoxy) is 1. The Bertz CT molecular complexity index is 261. The second kappa shape index (κ2) is 5.89. The molecule has 2 heterocycles. The fourth-order valence-electron chi connectivity index (χ4n) is 3.32. The molecule has 18 heavy (non-hydrogen) atoms. The second-order valence-electron chi connectivity index (χ2n) is 6.65. The lowest BCUT2D eigenvalue weighted by atomic mass is 9.95. The summed E-state index contributed by atoms with van der Waals surface area (Å²) in [4.78, 5) is 2.67. The van der Waals surface area contributed by atoms with Crippen LogP contribution in [0.5, 0.6) is 0 Å². The quantitative estimate of drug-likeness (QED) is 0.833. The van der Waals surface area contributed by atoms with Crippen LogP contribution >= 0.6 is 0 Å². The summed E-state index contributed by atoms with van der Waals surface area (Å²) in [6.45, 7) is 13.6. The maximum Gasteiger partial charge on any atom is 0.0781 e. The third kappa shape index (κ3) is 3.25. The summed E-state index contributed by atoms with van der Waals surface area (Å²) in [7, 11) is 0. The van der Waals surface area contributed by atoms with E-state index in [0.29, 0.717) is 18.0 Å². The topological polar surface area (TPSA) is 24.5 Å². The molecule has 0 aromatic heterocycles. The minimum Gasteiger partial charge on any atom is -0.374 e. The van der Waals surface area contributed by atoms with Gasteiger partial charge in [-0.05, 0) is 32.1 Å². The van der Waals surface area contributed by atoms with E-state index in [4.69, 9.17) is 4.74 Å². The summed E-state index contributed by atoms with van der Waals surface area (Å²) < 4.78 is 5.97. The molecule has 0 aliphatic carbocycles. The maximum atomic E-state index is 5.97. The van der Waals surface area contributed by atoms with Gasteiger partial charge in [0.1, 0.15) is 0 Å². The summed E-state index contributed by atoms with van der Waals surface area (Å²) in [6, 6.07) is 1.32. The van der Waals surface area contributed by atoms with Gasteiger partial charge >= 0.3 is 0 Å². The second-order valence-corrected chi connectivity index (χ2v) is 6.65. The van der Waals surface area contributed by atoms with Crippen molar-refractivity contribution in [2.24, 2.45) is 5.92 Å². The van der Waals surface area contributed by atoms with Gasteiger partial charge < -0.3 is 10.1 Å². The monoisotopic (exact) mass is 254 g/mol. The van der Waals surface area contributed by atoms with Gasteiger partial charge in [0.05, 0.1) is 5.60 Å². The van der Waals surface area contributed by atoms with Gasteiger partial charge in [-0.2, -0.15) is 0 Å². The van der Waals surface area contributed by atoms with E-state index >= 15 is 0 Å². The van der Waals surface area contributed by atoms with E-state index in [0.717, 1.165) is 19.7 Å². The van der Waals surface area contributed by atoms with Gasteiger partial charge in [0, 0.05) is 38.3 Å². The number of hydrogen-bond acceptors (Lipinski definition) is 3. The fourth-order valence-corrected chi connectivity index (χ4v) is 3.32. The summed E-state index contributed by atoms with van der Waals surface area (Å²) in [5.41, 5.74) is 0.103. The van der Waals surface area contributed by atoms with Crippen LogP contribution in [0.1, 0.15) is 47.0 Å². The van der Waals surface area contributed by atoms with Gasteiger partial charge in [0.15, 0.2) is 0 Å². The van der Waals surface area contributed by atoms with Gasteiger partial charge in [-0.3, -0.25) is 4.90 Å². The molecule has 3 heteroatoms. The van der Waals surface area contributed by atoms with Crippen LogP contribution < -0.4 is 5.32 Å². The van der Waals surface area contributed by atoms with Crippen LogP contribution in [0.25, 0.3) is 0 Å². The number of nitrogens with zero attached hydrogens (tertiary/aromatic N) is 1. The zero-order valence-electron chi connectivity index (χ0n) is 12.5. The zero-order chi connectivity index (χ0) is 13.2. The first kappa shape index (κ1) is 14.3. The standard InChI is InChI=1S/C15H30N2O/c1-5-13-9-16-14(12(2)3)10-17(13)11-15(4)7-6-8-18-15/h12-14,16H,5-11H2,1-4H3. The van der Waals surface area contributed by atoms with E-state index in [-0.39, 0.29) is 5.60 Å². The van der Waals surface area contributed by atoms with Crippen molar-refractivity contribution in [1.29, 1.82) is 0 Å². The minimum absolute atomic E-state index is 0.103. The molecule has 2 rings (SSSR count). The molecule has 0 radical (unpaired) electrons. The summed E-state index contributed by atoms with van der Waals surface area (Å²) in [5, 5.41) is 3.70. The molecular formula is C15H30N2O. The highest BCUT2D eigenvalue weighted by Gasteiger charge is 2.36. The first-order valence-corrected chi connectivity index (χ1v) is 7.65. The van der Waals surface area contributed by atoms with E-state index in [1.807, 2.05) is 0 Å². The van der Waals surface area contributed by atoms with E-state index < -0.39 is 0 Å². The molecule has 3 unspecified atom stereocenters. The zero-order valence-corrected chi connectivity index (χ0v) is 12.5. The molecular weight excluding hydrogens is 224 g/mol. The third-order valence-electron chi connectivity index (χ3n) is 4.68. The largest absolute Gasteiger partial charge is 0.374 e. The fraction of sp³-hybridized carbons (Fsp3) is 1.00. The van der Waals surface area contributed by atoms with Crippen molar-refractivity contribution < 1.29 is 4.74 Å². The van der Waals surface area contributed by atoms with Crippen molar-refractivity contribution in [2.45, 2.75) is 64.6 Å². The number of piperazine rings is 1. The molecule has 0 amide bonds. The van der Waals surface area contributed by atoms with Crippen molar-refractivity contribution in [3.8, 4) is 0 Å². The predicted octanol–water partition coefficient (Wildman–Crippen LogP) is 2.26. The first-order valence-electron chi connectivity index (χ1n) is 7.65. The highest BCUT2D eigenvalue weighted by molar-refractivity contribution is 4.92. The Hall–Kier alpha value is -0.120. The molecule has 2 fully saturated rings. The molecule has 0 aromatic rings. The average Bonchev–Trinajstić information content (AvgIpc) is 2.75. The minimum atomic E-state index is 0.103. The summed E-state index contributed by atoms with van der Waals surface area (Å²) >= 11 is 0. The van der Waals surface area contributed by atoms with E-state index in [2.05, 4.69) is 37.9 Å². The van der Waals surface area contributed by atoms with Gasteiger partial charge in [0.2, 0.25) is 0 Å². The summed E-state index contributed by atoms with van der Waals surface area (Å²) in [5.74, 6) is 0.711. The first-order chi connectivity index (χ1) is 8.54. The molecule has 2 aliphatic rings. The van der Waals surface area contributed by atoms with Crippen LogP contribution in [0, 0.1) is 5.92 Å². The van der Waals surface area contributed by atoms with Gasteiger partial charge in [-0.1, -0.05) is 20.8 Å². The predicted molar refractivity (Wildman–Crippen MR) is 75.9 cm³/mol. The SMILES string of the molecule is CCC1CNC(C(C)C)CN1CC1(C)CCCO1. The van der Waals surface area contributed by atoms with Crippen LogP contribution in [0.2, 0.25) is 0 Å². The van der Waals surface area contributed by atoms with Crippen molar-refractivity contribution in [1.82, 2.24) is 10.2 Å². The average molecular weight is 254 g/mol. The van der Waals surface area contributed by atoms with Crippen LogP contribution in [-0.2, 0) is 4.74 Å². The molecule has 0 aromatic carbocycles. The van der Waals surface area contributed by atoms with Gasteiger partial charge in [-0.15, -0.1) is 0 Å². The Morgan fingerprint density at radius 1 is 1.44 bits per heavy atom. The lowest BCUT2D eigenvalue weighted by Gasteiger charge is -2.44. The number of hydrogen-bond donors (Lipinski definition) is 1. The molecule has 3 atom stereocenters. The van der Waals surface area contributed by atoms with Crippen LogP contribution in [0.4, 0.5) is 0 Å². The van der Waals surface area contributed by atoms with Crippen molar-refractivity contribution in [3.63, 3.8) is 0 Å². The Morgan fingerprint density at radius 3 is 2.78 bits per heavy atom. The number of rotatable bonds is 4. The highest BCUT2D eigenvalue weighted by Crippen LogP contribution is 2.28. The van der Waals surface area contributed by atoms with Gasteiger partial charge in [0.25, 0.3) is 0 Å². The van der Waals surface area contributed by atoms with Crippen LogP contribution in [0.3, 0.4) is 0 Å². The van der Waals surface area contributed by atoms with Crippen molar-refractivity contribution >= 4 is 0 Å². The third-order valence-corrected chi connectivity index (χ3v) is 4.68. The highest BCUT2D eigenvalue weighted by atomic mass is 16.5. The molecule has 0 bridgehead atoms. The molecule has 0 spiro atoms. The lowest BCUT2D eigenvalue weighted by molar-refractivity contribution is -0.0304. The maximum absolute atomic E-state index is 5.97. The van der Waals surface area contributed by atoms with Crippen LogP contribution in [-0.4, -0.2) is 48.8 Å². The van der Waals surface area contributed by atoms with E-state index in [1.165, 1.54) is 25.8 Å². The Labute approximate surface area is 112 Å². The smallest absolute Gasteiger partial charge is 0.0781 e. The Balaban J connectivity index is 1.97. The summed E-state index contributed by atoms with van der Waals surface area (Å²) in [6.07, 6.45) is 3.68. The van der Waals surface area contributed by atoms with E-state index in [1.54, 1.807) is 0 Å². The van der Waals surface area contributed by atoms with E-state index in [9.17, 15) is 0 Å². The Kier molecular flexibility index (Phi) is 4.68. The molecule has 3 nitrogen and oxygen atoms in total. The lowest BCUT2D eigenvalue weighted by Crippen LogP contribution is -2.60. The van der Waals surface area contributed by atoms with Crippen LogP contribution in [0.15, 0.2) is 0 Å². The van der Waals surface area contributed by atoms with Gasteiger partial charge in [-0.25, -0.2) is 0 Å². The van der Waals surface area contributed by atoms with Crippen molar-refractivity contribution in [2.75, 3.05) is 26.2 Å². The molecule has 1 N–H and O–H groups in total. The molecule has 0 saturated carbocycles.